The highest BCUT2D eigenvalue weighted by atomic mass is 16.3. The summed E-state index contributed by atoms with van der Waals surface area (Å²) in [5, 5.41) is 40.8. The summed E-state index contributed by atoms with van der Waals surface area (Å²) in [7, 11) is 0. The SMILES string of the molecule is O=Cc1cc(-c2ccc(C(c3ccc(-c4ccc(O)c(C=O)c4)cc3)(c3ccc(-c4ccc(O)c(C=O)c4)cc3)c3ccc(-c4ccc(O)c(C=O)c4)cc3)cc2)ccc1O. The van der Waals surface area contributed by atoms with Gasteiger partial charge < -0.3 is 20.4 Å². The van der Waals surface area contributed by atoms with Gasteiger partial charge in [-0.3, -0.25) is 19.2 Å². The average Bonchev–Trinajstić information content (AvgIpc) is 3.31. The molecular weight excluding hydrogens is 765 g/mol. The summed E-state index contributed by atoms with van der Waals surface area (Å²) in [5.41, 5.74) is 9.46. The molecule has 296 valence electrons. The molecular formula is C53H36O8. The zero-order valence-corrected chi connectivity index (χ0v) is 32.4. The molecule has 8 rings (SSSR count). The number of carbonyl (C=O) groups is 4. The fourth-order valence-corrected chi connectivity index (χ4v) is 7.96. The Kier molecular flexibility index (Phi) is 10.7. The first-order chi connectivity index (χ1) is 29.7. The van der Waals surface area contributed by atoms with Gasteiger partial charge in [0.05, 0.1) is 27.7 Å². The van der Waals surface area contributed by atoms with Crippen molar-refractivity contribution in [1.82, 2.24) is 0 Å². The Bertz CT molecular complexity index is 2540. The van der Waals surface area contributed by atoms with Crippen LogP contribution in [0.5, 0.6) is 23.0 Å². The fourth-order valence-electron chi connectivity index (χ4n) is 7.96. The molecule has 0 heterocycles. The molecule has 0 atom stereocenters. The van der Waals surface area contributed by atoms with Gasteiger partial charge in [0.2, 0.25) is 0 Å². The van der Waals surface area contributed by atoms with Crippen molar-refractivity contribution in [3.05, 3.63) is 214 Å². The second-order valence-corrected chi connectivity index (χ2v) is 14.6. The summed E-state index contributed by atoms with van der Waals surface area (Å²) in [5.74, 6) is -0.430. The highest BCUT2D eigenvalue weighted by molar-refractivity contribution is 5.86. The molecule has 4 N–H and O–H groups in total. The minimum Gasteiger partial charge on any atom is -0.507 e. The van der Waals surface area contributed by atoms with E-state index in [1.54, 1.807) is 48.5 Å². The predicted octanol–water partition coefficient (Wildman–Crippen LogP) is 10.8. The molecule has 0 saturated carbocycles. The fraction of sp³-hybridized carbons (Fsp3) is 0.0189. The Labute approximate surface area is 350 Å². The molecule has 0 radical (unpaired) electrons. The quantitative estimate of drug-likeness (QED) is 0.0705. The average molecular weight is 801 g/mol. The zero-order valence-electron chi connectivity index (χ0n) is 32.4. The van der Waals surface area contributed by atoms with Gasteiger partial charge >= 0.3 is 0 Å². The Hall–Kier alpha value is -8.36. The lowest BCUT2D eigenvalue weighted by Crippen LogP contribution is -2.31. The van der Waals surface area contributed by atoms with Crippen molar-refractivity contribution in [1.29, 1.82) is 0 Å². The molecule has 0 fully saturated rings. The second-order valence-electron chi connectivity index (χ2n) is 14.6. The van der Waals surface area contributed by atoms with E-state index in [2.05, 4.69) is 0 Å². The number of aldehydes is 4. The van der Waals surface area contributed by atoms with Crippen LogP contribution >= 0.6 is 0 Å². The van der Waals surface area contributed by atoms with Crippen molar-refractivity contribution < 1.29 is 39.6 Å². The van der Waals surface area contributed by atoms with Crippen LogP contribution in [0.2, 0.25) is 0 Å². The van der Waals surface area contributed by atoms with Crippen molar-refractivity contribution in [3.63, 3.8) is 0 Å². The maximum Gasteiger partial charge on any atom is 0.153 e. The summed E-state index contributed by atoms with van der Waals surface area (Å²) < 4.78 is 0. The molecule has 0 amide bonds. The Morgan fingerprint density at radius 3 is 0.623 bits per heavy atom. The number of benzene rings is 8. The normalized spacial score (nSPS) is 11.1. The van der Waals surface area contributed by atoms with Crippen molar-refractivity contribution >= 4 is 25.1 Å². The predicted molar refractivity (Wildman–Crippen MR) is 235 cm³/mol. The largest absolute Gasteiger partial charge is 0.507 e. The number of rotatable bonds is 12. The molecule has 0 aliphatic heterocycles. The number of carbonyl (C=O) groups excluding carboxylic acids is 4. The maximum atomic E-state index is 11.7. The molecule has 0 unspecified atom stereocenters. The van der Waals surface area contributed by atoms with E-state index >= 15 is 0 Å². The molecule has 0 spiro atoms. The van der Waals surface area contributed by atoms with Crippen LogP contribution in [0.15, 0.2) is 170 Å². The first-order valence-corrected chi connectivity index (χ1v) is 19.2. The lowest BCUT2D eigenvalue weighted by atomic mass is 9.64. The van der Waals surface area contributed by atoms with Gasteiger partial charge in [-0.25, -0.2) is 0 Å². The summed E-state index contributed by atoms with van der Waals surface area (Å²) in [4.78, 5) is 46.8. The van der Waals surface area contributed by atoms with E-state index < -0.39 is 5.41 Å². The van der Waals surface area contributed by atoms with E-state index in [-0.39, 0.29) is 45.3 Å². The molecule has 0 bridgehead atoms. The zero-order chi connectivity index (χ0) is 42.7. The number of hydrogen-bond acceptors (Lipinski definition) is 8. The molecule has 8 aromatic carbocycles. The lowest BCUT2D eigenvalue weighted by Gasteiger charge is -2.37. The van der Waals surface area contributed by atoms with Crippen molar-refractivity contribution in [3.8, 4) is 67.5 Å². The van der Waals surface area contributed by atoms with Crippen LogP contribution in [-0.2, 0) is 5.41 Å². The standard InChI is InChI=1S/C53H36O8/c54-29-41-25-37(9-21-49(41)58)33-1-13-45(14-2-33)53(46-15-3-34(4-16-46)38-10-22-50(59)42(26-38)30-55,47-17-5-35(6-18-47)39-11-23-51(60)43(27-39)31-56)48-19-7-36(8-20-48)40-12-24-52(61)44(28-40)32-57/h1-32,58-61H. The minimum absolute atomic E-state index is 0.108. The maximum absolute atomic E-state index is 11.7. The third kappa shape index (κ3) is 7.34. The van der Waals surface area contributed by atoms with Crippen LogP contribution in [0.25, 0.3) is 44.5 Å². The summed E-state index contributed by atoms with van der Waals surface area (Å²) in [6.45, 7) is 0. The topological polar surface area (TPSA) is 149 Å². The molecule has 8 nitrogen and oxygen atoms in total. The molecule has 0 aromatic heterocycles. The van der Waals surface area contributed by atoms with Crippen LogP contribution in [0.3, 0.4) is 0 Å². The Balaban J connectivity index is 1.35. The second kappa shape index (κ2) is 16.5. The van der Waals surface area contributed by atoms with Crippen molar-refractivity contribution in [2.45, 2.75) is 5.41 Å². The highest BCUT2D eigenvalue weighted by Crippen LogP contribution is 2.47. The summed E-state index contributed by atoms with van der Waals surface area (Å²) in [6.07, 6.45) is 2.46. The van der Waals surface area contributed by atoms with Gasteiger partial charge in [-0.15, -0.1) is 0 Å². The van der Waals surface area contributed by atoms with E-state index in [9.17, 15) is 39.6 Å². The summed E-state index contributed by atoms with van der Waals surface area (Å²) >= 11 is 0. The van der Waals surface area contributed by atoms with Crippen molar-refractivity contribution in [2.75, 3.05) is 0 Å². The first-order valence-electron chi connectivity index (χ1n) is 19.2. The molecule has 8 heteroatoms. The van der Waals surface area contributed by atoms with Gasteiger partial charge in [-0.1, -0.05) is 121 Å². The van der Waals surface area contributed by atoms with E-state index in [0.717, 1.165) is 66.8 Å². The monoisotopic (exact) mass is 800 g/mol. The van der Waals surface area contributed by atoms with Crippen LogP contribution < -0.4 is 0 Å². The van der Waals surface area contributed by atoms with E-state index in [4.69, 9.17) is 0 Å². The van der Waals surface area contributed by atoms with Crippen LogP contribution in [0, 0.1) is 0 Å². The van der Waals surface area contributed by atoms with Gasteiger partial charge in [0.15, 0.2) is 25.1 Å². The first kappa shape index (κ1) is 39.5. The van der Waals surface area contributed by atoms with E-state index in [1.807, 2.05) is 97.1 Å². The minimum atomic E-state index is -0.994. The van der Waals surface area contributed by atoms with E-state index in [0.29, 0.717) is 25.1 Å². The Morgan fingerprint density at radius 1 is 0.262 bits per heavy atom. The molecule has 8 aromatic rings. The molecule has 61 heavy (non-hydrogen) atoms. The molecule has 0 aliphatic rings. The smallest absolute Gasteiger partial charge is 0.153 e. The highest BCUT2D eigenvalue weighted by Gasteiger charge is 2.38. The number of aromatic hydroxyl groups is 4. The van der Waals surface area contributed by atoms with E-state index in [1.165, 1.54) is 24.3 Å². The third-order valence-electron chi connectivity index (χ3n) is 11.2. The number of phenols is 4. The van der Waals surface area contributed by atoms with Crippen molar-refractivity contribution in [2.24, 2.45) is 0 Å². The van der Waals surface area contributed by atoms with Crippen LogP contribution in [0.1, 0.15) is 63.7 Å². The van der Waals surface area contributed by atoms with Gasteiger partial charge in [0.1, 0.15) is 23.0 Å². The van der Waals surface area contributed by atoms with Gasteiger partial charge in [0.25, 0.3) is 0 Å². The van der Waals surface area contributed by atoms with Gasteiger partial charge in [-0.2, -0.15) is 0 Å². The van der Waals surface area contributed by atoms with Crippen LogP contribution in [0.4, 0.5) is 0 Å². The summed E-state index contributed by atoms with van der Waals surface area (Å²) in [6, 6.07) is 51.5. The van der Waals surface area contributed by atoms with Gasteiger partial charge in [-0.05, 0) is 115 Å². The lowest BCUT2D eigenvalue weighted by molar-refractivity contribution is 0.111. The Morgan fingerprint density at radius 2 is 0.443 bits per heavy atom. The van der Waals surface area contributed by atoms with Gasteiger partial charge in [0, 0.05) is 0 Å². The molecule has 0 saturated heterocycles. The number of phenolic OH excluding ortho intramolecular Hbond substituents is 4. The third-order valence-corrected chi connectivity index (χ3v) is 11.2. The number of hydrogen-bond donors (Lipinski definition) is 4. The molecule has 0 aliphatic carbocycles. The van der Waals surface area contributed by atoms with Crippen LogP contribution in [-0.4, -0.2) is 45.6 Å².